The quantitative estimate of drug-likeness (QED) is 0.642. The second kappa shape index (κ2) is 7.96. The molecule has 3 aromatic rings. The molecule has 0 saturated carbocycles. The van der Waals surface area contributed by atoms with Gasteiger partial charge in [-0.1, -0.05) is 60.7 Å². The summed E-state index contributed by atoms with van der Waals surface area (Å²) in [6, 6.07) is 20.8. The van der Waals surface area contributed by atoms with Crippen molar-refractivity contribution in [2.24, 2.45) is 0 Å². The summed E-state index contributed by atoms with van der Waals surface area (Å²) in [4.78, 5) is 25.2. The van der Waals surface area contributed by atoms with Crippen LogP contribution >= 0.6 is 0 Å². The molecule has 0 saturated heterocycles. The maximum absolute atomic E-state index is 14.1. The van der Waals surface area contributed by atoms with Crippen LogP contribution in [0.25, 0.3) is 0 Å². The molecule has 0 aliphatic rings. The smallest absolute Gasteiger partial charge is 0.231 e. The Balaban J connectivity index is 1.81. The Morgan fingerprint density at radius 3 is 2.30 bits per heavy atom. The Labute approximate surface area is 157 Å². The van der Waals surface area contributed by atoms with Crippen LogP contribution in [-0.2, 0) is 4.79 Å². The second-order valence-electron chi connectivity index (χ2n) is 6.47. The first kappa shape index (κ1) is 18.5. The first-order valence-electron chi connectivity index (χ1n) is 8.73. The van der Waals surface area contributed by atoms with Gasteiger partial charge in [0, 0.05) is 11.1 Å². The number of carbonyl (C=O) groups excluding carboxylic acids is 2. The predicted octanol–water partition coefficient (Wildman–Crippen LogP) is 5.11. The van der Waals surface area contributed by atoms with Crippen LogP contribution in [0.15, 0.2) is 72.8 Å². The fourth-order valence-electron chi connectivity index (χ4n) is 2.84. The van der Waals surface area contributed by atoms with Gasteiger partial charge in [0.2, 0.25) is 5.91 Å². The van der Waals surface area contributed by atoms with Gasteiger partial charge in [-0.2, -0.15) is 0 Å². The topological polar surface area (TPSA) is 46.2 Å². The molecule has 0 aliphatic carbocycles. The highest BCUT2D eigenvalue weighted by Crippen LogP contribution is 2.23. The monoisotopic (exact) mass is 361 g/mol. The number of hydrogen-bond acceptors (Lipinski definition) is 2. The normalized spacial score (nSPS) is 11.7. The van der Waals surface area contributed by atoms with Crippen molar-refractivity contribution >= 4 is 17.4 Å². The summed E-state index contributed by atoms with van der Waals surface area (Å²) in [6.45, 7) is 3.38. The van der Waals surface area contributed by atoms with Crippen LogP contribution in [0.2, 0.25) is 0 Å². The molecule has 0 radical (unpaired) electrons. The number of benzene rings is 3. The predicted molar refractivity (Wildman–Crippen MR) is 104 cm³/mol. The second-order valence-corrected chi connectivity index (χ2v) is 6.47. The van der Waals surface area contributed by atoms with E-state index in [0.29, 0.717) is 22.3 Å². The number of carbonyl (C=O) groups is 2. The molecule has 1 N–H and O–H groups in total. The molecule has 0 aliphatic heterocycles. The maximum atomic E-state index is 14.1. The zero-order chi connectivity index (χ0) is 19.4. The van der Waals surface area contributed by atoms with E-state index in [9.17, 15) is 14.0 Å². The van der Waals surface area contributed by atoms with Gasteiger partial charge < -0.3 is 5.32 Å². The van der Waals surface area contributed by atoms with Crippen LogP contribution < -0.4 is 5.32 Å². The molecule has 136 valence electrons. The summed E-state index contributed by atoms with van der Waals surface area (Å²) in [5.41, 5.74) is 2.43. The van der Waals surface area contributed by atoms with E-state index in [-0.39, 0.29) is 17.4 Å². The van der Waals surface area contributed by atoms with Crippen LogP contribution in [0.3, 0.4) is 0 Å². The third kappa shape index (κ3) is 4.11. The third-order valence-electron chi connectivity index (χ3n) is 4.53. The molecule has 1 atom stereocenters. The molecule has 0 bridgehead atoms. The molecule has 3 aromatic carbocycles. The lowest BCUT2D eigenvalue weighted by atomic mass is 9.95. The summed E-state index contributed by atoms with van der Waals surface area (Å²) < 4.78 is 14.1. The fraction of sp³-hybridized carbons (Fsp3) is 0.130. The molecule has 3 nitrogen and oxygen atoms in total. The lowest BCUT2D eigenvalue weighted by Crippen LogP contribution is -2.20. The van der Waals surface area contributed by atoms with Gasteiger partial charge >= 0.3 is 0 Å². The highest BCUT2D eigenvalue weighted by atomic mass is 19.1. The lowest BCUT2D eigenvalue weighted by Gasteiger charge is -2.14. The van der Waals surface area contributed by atoms with Gasteiger partial charge in [0.1, 0.15) is 5.82 Å². The lowest BCUT2D eigenvalue weighted by molar-refractivity contribution is -0.117. The van der Waals surface area contributed by atoms with Crippen molar-refractivity contribution in [1.29, 1.82) is 0 Å². The maximum Gasteiger partial charge on any atom is 0.231 e. The molecule has 1 amide bonds. The van der Waals surface area contributed by atoms with Crippen molar-refractivity contribution < 1.29 is 14.0 Å². The van der Waals surface area contributed by atoms with Crippen molar-refractivity contribution in [2.45, 2.75) is 19.8 Å². The van der Waals surface area contributed by atoms with E-state index >= 15 is 0 Å². The van der Waals surface area contributed by atoms with E-state index in [0.717, 1.165) is 0 Å². The molecular formula is C23H20FNO2. The number of anilines is 1. The number of ketones is 1. The van der Waals surface area contributed by atoms with Crippen molar-refractivity contribution in [3.8, 4) is 0 Å². The van der Waals surface area contributed by atoms with E-state index in [1.807, 2.05) is 18.2 Å². The van der Waals surface area contributed by atoms with Crippen molar-refractivity contribution in [1.82, 2.24) is 0 Å². The van der Waals surface area contributed by atoms with Crippen LogP contribution in [-0.4, -0.2) is 11.7 Å². The van der Waals surface area contributed by atoms with Crippen molar-refractivity contribution in [3.63, 3.8) is 0 Å². The minimum Gasteiger partial charge on any atom is -0.323 e. The van der Waals surface area contributed by atoms with Gasteiger partial charge in [-0.25, -0.2) is 4.39 Å². The molecule has 4 heteroatoms. The Morgan fingerprint density at radius 2 is 1.56 bits per heavy atom. The summed E-state index contributed by atoms with van der Waals surface area (Å²) in [7, 11) is 0. The highest BCUT2D eigenvalue weighted by Gasteiger charge is 2.19. The molecule has 0 fully saturated rings. The number of amides is 1. The number of rotatable bonds is 5. The molecule has 3 rings (SSSR count). The average molecular weight is 361 g/mol. The van der Waals surface area contributed by atoms with E-state index in [1.165, 1.54) is 6.07 Å². The summed E-state index contributed by atoms with van der Waals surface area (Å²) in [6.07, 6.45) is 0. The van der Waals surface area contributed by atoms with Gasteiger partial charge in [-0.15, -0.1) is 0 Å². The molecule has 0 unspecified atom stereocenters. The van der Waals surface area contributed by atoms with Gasteiger partial charge in [0.25, 0.3) is 0 Å². The van der Waals surface area contributed by atoms with Gasteiger partial charge in [-0.05, 0) is 37.1 Å². The first-order chi connectivity index (χ1) is 13.0. The average Bonchev–Trinajstić information content (AvgIpc) is 2.71. The van der Waals surface area contributed by atoms with Gasteiger partial charge in [0.15, 0.2) is 5.78 Å². The first-order valence-corrected chi connectivity index (χ1v) is 8.73. The van der Waals surface area contributed by atoms with Crippen LogP contribution in [0.1, 0.15) is 39.9 Å². The molecule has 27 heavy (non-hydrogen) atoms. The van der Waals surface area contributed by atoms with E-state index in [1.54, 1.807) is 62.4 Å². The Hall–Kier alpha value is -3.27. The number of hydrogen-bond donors (Lipinski definition) is 1. The minimum absolute atomic E-state index is 0.102. The van der Waals surface area contributed by atoms with E-state index in [4.69, 9.17) is 0 Å². The van der Waals surface area contributed by atoms with E-state index < -0.39 is 11.7 Å². The number of aryl methyl sites for hydroxylation is 1. The summed E-state index contributed by atoms with van der Waals surface area (Å²) in [5.74, 6) is -1.40. The van der Waals surface area contributed by atoms with Crippen LogP contribution in [0.4, 0.5) is 10.1 Å². The highest BCUT2D eigenvalue weighted by molar-refractivity contribution is 6.09. The van der Waals surface area contributed by atoms with Crippen LogP contribution in [0.5, 0.6) is 0 Å². The van der Waals surface area contributed by atoms with Crippen LogP contribution in [0, 0.1) is 12.7 Å². The Morgan fingerprint density at radius 1 is 0.889 bits per heavy atom. The zero-order valence-electron chi connectivity index (χ0n) is 15.2. The largest absolute Gasteiger partial charge is 0.323 e. The summed E-state index contributed by atoms with van der Waals surface area (Å²) in [5, 5.41) is 2.63. The minimum atomic E-state index is -0.534. The van der Waals surface area contributed by atoms with Gasteiger partial charge in [0.05, 0.1) is 11.6 Å². The summed E-state index contributed by atoms with van der Waals surface area (Å²) >= 11 is 0. The number of halogens is 1. The molecule has 0 spiro atoms. The fourth-order valence-corrected chi connectivity index (χ4v) is 2.84. The van der Waals surface area contributed by atoms with Gasteiger partial charge in [-0.3, -0.25) is 9.59 Å². The van der Waals surface area contributed by atoms with E-state index in [2.05, 4.69) is 5.32 Å². The molecular weight excluding hydrogens is 341 g/mol. The molecule has 0 heterocycles. The molecule has 0 aromatic heterocycles. The number of nitrogens with one attached hydrogen (secondary N) is 1. The Kier molecular flexibility index (Phi) is 5.46. The third-order valence-corrected chi connectivity index (χ3v) is 4.53. The SMILES string of the molecule is Cc1cccc(NC(=O)[C@@H](C)c2cccc(C(=O)c3ccccc3)c2)c1F. The van der Waals surface area contributed by atoms with Crippen molar-refractivity contribution in [2.75, 3.05) is 5.32 Å². The zero-order valence-corrected chi connectivity index (χ0v) is 15.2. The van der Waals surface area contributed by atoms with Crippen molar-refractivity contribution in [3.05, 3.63) is 101 Å². The standard InChI is InChI=1S/C23H20FNO2/c1-15-8-6-13-20(21(15)24)25-23(27)16(2)18-11-7-12-19(14-18)22(26)17-9-4-3-5-10-17/h3-14,16H,1-2H3,(H,25,27)/t16-/m0/s1. The Bertz CT molecular complexity index is 983.